The van der Waals surface area contributed by atoms with Gasteiger partial charge < -0.3 is 0 Å². The summed E-state index contributed by atoms with van der Waals surface area (Å²) in [5.74, 6) is -1.05. The molecule has 0 aliphatic rings. The first-order valence-corrected chi connectivity index (χ1v) is 8.49. The van der Waals surface area contributed by atoms with Crippen molar-refractivity contribution in [3.63, 3.8) is 0 Å². The van der Waals surface area contributed by atoms with Crippen molar-refractivity contribution >= 4 is 19.7 Å². The molecule has 0 amide bonds. The molecule has 18 heavy (non-hydrogen) atoms. The molecule has 0 aliphatic carbocycles. The number of sulfone groups is 2. The summed E-state index contributed by atoms with van der Waals surface area (Å²) in [7, 11) is -7.40. The SMILES string of the molecule is CC(C)(C)S(=O)(=O)c1ccc(S(C)(=O)=O)cc1F. The second kappa shape index (κ2) is 4.31. The maximum absolute atomic E-state index is 13.8. The van der Waals surface area contributed by atoms with Crippen LogP contribution in [0.25, 0.3) is 0 Å². The molecule has 1 aromatic carbocycles. The van der Waals surface area contributed by atoms with Gasteiger partial charge in [0.05, 0.1) is 9.64 Å². The van der Waals surface area contributed by atoms with Crippen LogP contribution in [0.1, 0.15) is 20.8 Å². The van der Waals surface area contributed by atoms with Crippen molar-refractivity contribution in [3.05, 3.63) is 24.0 Å². The maximum atomic E-state index is 13.8. The van der Waals surface area contributed by atoms with Gasteiger partial charge >= 0.3 is 0 Å². The Morgan fingerprint density at radius 2 is 1.56 bits per heavy atom. The van der Waals surface area contributed by atoms with Crippen molar-refractivity contribution < 1.29 is 21.2 Å². The number of hydrogen-bond donors (Lipinski definition) is 0. The molecule has 0 spiro atoms. The zero-order chi connectivity index (χ0) is 14.4. The summed E-state index contributed by atoms with van der Waals surface area (Å²) in [5, 5.41) is 0. The molecule has 102 valence electrons. The molecule has 0 bridgehead atoms. The molecular formula is C11H15FO4S2. The second-order valence-corrected chi connectivity index (χ2v) is 9.67. The van der Waals surface area contributed by atoms with E-state index in [1.807, 2.05) is 0 Å². The zero-order valence-corrected chi connectivity index (χ0v) is 12.2. The topological polar surface area (TPSA) is 68.3 Å². The first-order valence-electron chi connectivity index (χ1n) is 5.11. The third-order valence-corrected chi connectivity index (χ3v) is 6.06. The normalized spacial score (nSPS) is 13.6. The summed E-state index contributed by atoms with van der Waals surface area (Å²) < 4.78 is 59.2. The van der Waals surface area contributed by atoms with Gasteiger partial charge in [0.1, 0.15) is 10.7 Å². The van der Waals surface area contributed by atoms with Crippen LogP contribution < -0.4 is 0 Å². The minimum atomic E-state index is -3.84. The van der Waals surface area contributed by atoms with E-state index in [0.29, 0.717) is 0 Å². The standard InChI is InChI=1S/C11H15FO4S2/c1-11(2,3)18(15,16)10-6-5-8(7-9(10)12)17(4,13)14/h5-7H,1-4H3. The van der Waals surface area contributed by atoms with Gasteiger partial charge in [0.15, 0.2) is 19.7 Å². The second-order valence-electron chi connectivity index (χ2n) is 4.98. The van der Waals surface area contributed by atoms with E-state index in [2.05, 4.69) is 0 Å². The Hall–Kier alpha value is -0.950. The van der Waals surface area contributed by atoms with Crippen LogP contribution in [0.5, 0.6) is 0 Å². The van der Waals surface area contributed by atoms with Gasteiger partial charge in [-0.05, 0) is 39.0 Å². The van der Waals surface area contributed by atoms with Gasteiger partial charge in [-0.15, -0.1) is 0 Å². The summed E-state index contributed by atoms with van der Waals surface area (Å²) in [6, 6.07) is 2.82. The predicted molar refractivity (Wildman–Crippen MR) is 66.4 cm³/mol. The fourth-order valence-electron chi connectivity index (χ4n) is 1.26. The van der Waals surface area contributed by atoms with E-state index in [9.17, 15) is 21.2 Å². The summed E-state index contributed by atoms with van der Waals surface area (Å²) >= 11 is 0. The van der Waals surface area contributed by atoms with Gasteiger partial charge in [-0.2, -0.15) is 0 Å². The van der Waals surface area contributed by atoms with Crippen molar-refractivity contribution in [2.45, 2.75) is 35.3 Å². The number of benzene rings is 1. The Bertz CT molecular complexity index is 667. The van der Waals surface area contributed by atoms with E-state index >= 15 is 0 Å². The van der Waals surface area contributed by atoms with Crippen molar-refractivity contribution in [1.29, 1.82) is 0 Å². The van der Waals surface area contributed by atoms with Gasteiger partial charge in [0.2, 0.25) is 0 Å². The van der Waals surface area contributed by atoms with E-state index in [1.54, 1.807) is 0 Å². The average Bonchev–Trinajstić information content (AvgIpc) is 2.13. The molecule has 0 atom stereocenters. The van der Waals surface area contributed by atoms with Gasteiger partial charge in [0.25, 0.3) is 0 Å². The predicted octanol–water partition coefficient (Wildman–Crippen LogP) is 1.80. The lowest BCUT2D eigenvalue weighted by Gasteiger charge is -2.19. The van der Waals surface area contributed by atoms with E-state index < -0.39 is 35.1 Å². The number of rotatable bonds is 2. The van der Waals surface area contributed by atoms with E-state index in [4.69, 9.17) is 0 Å². The molecular weight excluding hydrogens is 279 g/mol. The lowest BCUT2D eigenvalue weighted by molar-refractivity contribution is 0.538. The smallest absolute Gasteiger partial charge is 0.186 e. The highest BCUT2D eigenvalue weighted by Gasteiger charge is 2.33. The van der Waals surface area contributed by atoms with Gasteiger partial charge in [-0.25, -0.2) is 21.2 Å². The van der Waals surface area contributed by atoms with Crippen molar-refractivity contribution in [2.24, 2.45) is 0 Å². The third kappa shape index (κ3) is 2.72. The molecule has 0 aromatic heterocycles. The summed E-state index contributed by atoms with van der Waals surface area (Å²) in [5.41, 5.74) is 0. The maximum Gasteiger partial charge on any atom is 0.186 e. The summed E-state index contributed by atoms with van der Waals surface area (Å²) in [6.07, 6.45) is 0.930. The fraction of sp³-hybridized carbons (Fsp3) is 0.455. The van der Waals surface area contributed by atoms with Crippen LogP contribution in [0.15, 0.2) is 28.0 Å². The Morgan fingerprint density at radius 3 is 1.89 bits per heavy atom. The van der Waals surface area contributed by atoms with E-state index in [1.165, 1.54) is 20.8 Å². The number of hydrogen-bond acceptors (Lipinski definition) is 4. The van der Waals surface area contributed by atoms with Crippen LogP contribution in [-0.4, -0.2) is 27.8 Å². The Labute approximate surface area is 107 Å². The molecule has 1 aromatic rings. The van der Waals surface area contributed by atoms with Crippen LogP contribution in [0.4, 0.5) is 4.39 Å². The van der Waals surface area contributed by atoms with Crippen molar-refractivity contribution in [3.8, 4) is 0 Å². The highest BCUT2D eigenvalue weighted by molar-refractivity contribution is 7.92. The lowest BCUT2D eigenvalue weighted by Crippen LogP contribution is -2.28. The van der Waals surface area contributed by atoms with Crippen LogP contribution in [0.2, 0.25) is 0 Å². The van der Waals surface area contributed by atoms with Gasteiger partial charge in [-0.3, -0.25) is 0 Å². The quantitative estimate of drug-likeness (QED) is 0.834. The molecule has 1 rings (SSSR count). The van der Waals surface area contributed by atoms with Crippen LogP contribution >= 0.6 is 0 Å². The van der Waals surface area contributed by atoms with Crippen LogP contribution in [-0.2, 0) is 19.7 Å². The molecule has 0 unspecified atom stereocenters. The molecule has 0 heterocycles. The van der Waals surface area contributed by atoms with E-state index in [0.717, 1.165) is 24.5 Å². The molecule has 0 saturated carbocycles. The molecule has 0 N–H and O–H groups in total. The molecule has 7 heteroatoms. The van der Waals surface area contributed by atoms with Gasteiger partial charge in [-0.1, -0.05) is 0 Å². The highest BCUT2D eigenvalue weighted by Crippen LogP contribution is 2.28. The van der Waals surface area contributed by atoms with Crippen LogP contribution in [0.3, 0.4) is 0 Å². The Balaban J connectivity index is 3.50. The fourth-order valence-corrected chi connectivity index (χ4v) is 3.12. The highest BCUT2D eigenvalue weighted by atomic mass is 32.2. The molecule has 0 saturated heterocycles. The van der Waals surface area contributed by atoms with E-state index in [-0.39, 0.29) is 4.90 Å². The van der Waals surface area contributed by atoms with Crippen LogP contribution in [0, 0.1) is 5.82 Å². The summed E-state index contributed by atoms with van der Waals surface area (Å²) in [4.78, 5) is -0.727. The van der Waals surface area contributed by atoms with Crippen molar-refractivity contribution in [2.75, 3.05) is 6.26 Å². The van der Waals surface area contributed by atoms with Crippen molar-refractivity contribution in [1.82, 2.24) is 0 Å². The number of halogens is 1. The first-order chi connectivity index (χ1) is 7.87. The van der Waals surface area contributed by atoms with Gasteiger partial charge in [0, 0.05) is 6.26 Å². The first kappa shape index (κ1) is 15.1. The Morgan fingerprint density at radius 1 is 1.06 bits per heavy atom. The third-order valence-electron chi connectivity index (χ3n) is 2.43. The largest absolute Gasteiger partial charge is 0.224 e. The molecule has 0 aliphatic heterocycles. The molecule has 4 nitrogen and oxygen atoms in total. The molecule has 0 radical (unpaired) electrons. The Kier molecular flexibility index (Phi) is 3.62. The molecule has 0 fully saturated rings. The minimum Gasteiger partial charge on any atom is -0.224 e. The summed E-state index contributed by atoms with van der Waals surface area (Å²) in [6.45, 7) is 4.35. The average molecular weight is 294 g/mol. The lowest BCUT2D eigenvalue weighted by atomic mass is 10.3. The monoisotopic (exact) mass is 294 g/mol. The minimum absolute atomic E-state index is 0.243. The zero-order valence-electron chi connectivity index (χ0n) is 10.6.